The van der Waals surface area contributed by atoms with Crippen LogP contribution in [-0.2, 0) is 6.54 Å². The lowest BCUT2D eigenvalue weighted by Crippen LogP contribution is -2.15. The molecule has 132 valence electrons. The van der Waals surface area contributed by atoms with E-state index in [0.717, 1.165) is 22.4 Å². The Balaban J connectivity index is 1.67. The highest BCUT2D eigenvalue weighted by molar-refractivity contribution is 6.30. The van der Waals surface area contributed by atoms with Crippen LogP contribution >= 0.6 is 11.6 Å². The van der Waals surface area contributed by atoms with Gasteiger partial charge in [-0.25, -0.2) is 9.97 Å². The number of hydrogen-bond acceptors (Lipinski definition) is 4. The molecule has 1 heterocycles. The third-order valence-electron chi connectivity index (χ3n) is 3.77. The molecular weight excluding hydrogens is 348 g/mol. The van der Waals surface area contributed by atoms with Gasteiger partial charge in [0.25, 0.3) is 5.91 Å². The van der Waals surface area contributed by atoms with E-state index in [-0.39, 0.29) is 5.91 Å². The predicted octanol–water partition coefficient (Wildman–Crippen LogP) is 4.61. The quantitative estimate of drug-likeness (QED) is 0.691. The number of nitrogens with one attached hydrogen (secondary N) is 2. The van der Waals surface area contributed by atoms with Crippen LogP contribution in [0.25, 0.3) is 0 Å². The molecule has 0 aliphatic carbocycles. The third-order valence-corrected chi connectivity index (χ3v) is 4.02. The Morgan fingerprint density at radius 1 is 1.00 bits per heavy atom. The normalized spacial score (nSPS) is 10.4. The van der Waals surface area contributed by atoms with Crippen molar-refractivity contribution in [3.63, 3.8) is 0 Å². The van der Waals surface area contributed by atoms with Gasteiger partial charge in [0, 0.05) is 23.3 Å². The zero-order valence-corrected chi connectivity index (χ0v) is 15.3. The Labute approximate surface area is 157 Å². The standard InChI is InChI=1S/C20H19ClN4O/c1-13-7-14(2)9-17(8-13)25-20(26)18-10-19(24-12-23-18)22-11-15-3-5-16(21)6-4-15/h3-10,12H,11H2,1-2H3,(H,25,26)(H,22,23,24). The van der Waals surface area contributed by atoms with Gasteiger partial charge in [-0.1, -0.05) is 29.8 Å². The van der Waals surface area contributed by atoms with Gasteiger partial charge in [0.05, 0.1) is 0 Å². The monoisotopic (exact) mass is 366 g/mol. The van der Waals surface area contributed by atoms with Crippen LogP contribution < -0.4 is 10.6 Å². The molecular formula is C20H19ClN4O. The van der Waals surface area contributed by atoms with Crippen LogP contribution in [0.4, 0.5) is 11.5 Å². The third kappa shape index (κ3) is 4.80. The van der Waals surface area contributed by atoms with Gasteiger partial charge in [0.15, 0.2) is 0 Å². The average Bonchev–Trinajstić information content (AvgIpc) is 2.60. The summed E-state index contributed by atoms with van der Waals surface area (Å²) in [6, 6.07) is 15.1. The van der Waals surface area contributed by atoms with Gasteiger partial charge < -0.3 is 10.6 Å². The fraction of sp³-hybridized carbons (Fsp3) is 0.150. The van der Waals surface area contributed by atoms with Crippen molar-refractivity contribution in [2.24, 2.45) is 0 Å². The second-order valence-corrected chi connectivity index (χ2v) is 6.54. The van der Waals surface area contributed by atoms with Crippen LogP contribution in [0.5, 0.6) is 0 Å². The van der Waals surface area contributed by atoms with Gasteiger partial charge in [-0.3, -0.25) is 4.79 Å². The van der Waals surface area contributed by atoms with Crippen molar-refractivity contribution in [1.82, 2.24) is 9.97 Å². The lowest BCUT2D eigenvalue weighted by molar-refractivity contribution is 0.102. The summed E-state index contributed by atoms with van der Waals surface area (Å²) in [5.74, 6) is 0.312. The van der Waals surface area contributed by atoms with Crippen molar-refractivity contribution in [2.75, 3.05) is 10.6 Å². The van der Waals surface area contributed by atoms with Crippen molar-refractivity contribution in [3.8, 4) is 0 Å². The fourth-order valence-electron chi connectivity index (χ4n) is 2.62. The second kappa shape index (κ2) is 7.97. The number of carbonyl (C=O) groups is 1. The molecule has 0 spiro atoms. The van der Waals surface area contributed by atoms with E-state index in [1.165, 1.54) is 6.33 Å². The highest BCUT2D eigenvalue weighted by atomic mass is 35.5. The molecule has 3 aromatic rings. The first-order valence-corrected chi connectivity index (χ1v) is 8.57. The zero-order chi connectivity index (χ0) is 18.5. The number of aromatic nitrogens is 2. The average molecular weight is 367 g/mol. The first-order valence-electron chi connectivity index (χ1n) is 8.19. The smallest absolute Gasteiger partial charge is 0.274 e. The molecule has 0 saturated carbocycles. The maximum atomic E-state index is 12.5. The molecule has 0 radical (unpaired) electrons. The summed E-state index contributed by atoms with van der Waals surface area (Å²) in [7, 11) is 0. The first-order chi connectivity index (χ1) is 12.5. The SMILES string of the molecule is Cc1cc(C)cc(NC(=O)c2cc(NCc3ccc(Cl)cc3)ncn2)c1. The van der Waals surface area contributed by atoms with Crippen LogP contribution in [0.3, 0.4) is 0 Å². The summed E-state index contributed by atoms with van der Waals surface area (Å²) < 4.78 is 0. The number of carbonyl (C=O) groups excluding carboxylic acids is 1. The van der Waals surface area contributed by atoms with E-state index in [1.807, 2.05) is 50.2 Å². The van der Waals surface area contributed by atoms with Crippen LogP contribution in [0, 0.1) is 13.8 Å². The van der Waals surface area contributed by atoms with Crippen LogP contribution in [0.15, 0.2) is 54.9 Å². The summed E-state index contributed by atoms with van der Waals surface area (Å²) in [6.45, 7) is 4.56. The number of rotatable bonds is 5. The Kier molecular flexibility index (Phi) is 5.49. The van der Waals surface area contributed by atoms with E-state index in [2.05, 4.69) is 26.7 Å². The number of nitrogens with zero attached hydrogens (tertiary/aromatic N) is 2. The maximum absolute atomic E-state index is 12.5. The summed E-state index contributed by atoms with van der Waals surface area (Å²) >= 11 is 5.88. The molecule has 26 heavy (non-hydrogen) atoms. The van der Waals surface area contributed by atoms with Crippen LogP contribution in [0.2, 0.25) is 5.02 Å². The molecule has 5 nitrogen and oxygen atoms in total. The lowest BCUT2D eigenvalue weighted by atomic mass is 10.1. The molecule has 2 aromatic carbocycles. The van der Waals surface area contributed by atoms with E-state index < -0.39 is 0 Å². The molecule has 6 heteroatoms. The number of amides is 1. The van der Waals surface area contributed by atoms with Crippen LogP contribution in [0.1, 0.15) is 27.2 Å². The largest absolute Gasteiger partial charge is 0.366 e. The molecule has 3 rings (SSSR count). The molecule has 0 unspecified atom stereocenters. The number of hydrogen-bond donors (Lipinski definition) is 2. The topological polar surface area (TPSA) is 66.9 Å². The second-order valence-electron chi connectivity index (χ2n) is 6.10. The maximum Gasteiger partial charge on any atom is 0.274 e. The number of aryl methyl sites for hydroxylation is 2. The Morgan fingerprint density at radius 3 is 2.38 bits per heavy atom. The fourth-order valence-corrected chi connectivity index (χ4v) is 2.74. The molecule has 1 aromatic heterocycles. The van der Waals surface area contributed by atoms with Crippen molar-refractivity contribution in [1.29, 1.82) is 0 Å². The van der Waals surface area contributed by atoms with E-state index in [1.54, 1.807) is 6.07 Å². The minimum Gasteiger partial charge on any atom is -0.366 e. The first kappa shape index (κ1) is 17.9. The highest BCUT2D eigenvalue weighted by Crippen LogP contribution is 2.16. The minimum atomic E-state index is -0.271. The number of halogens is 1. The summed E-state index contributed by atoms with van der Waals surface area (Å²) in [4.78, 5) is 20.7. The van der Waals surface area contributed by atoms with Crippen molar-refractivity contribution >= 4 is 29.0 Å². The molecule has 0 saturated heterocycles. The molecule has 1 amide bonds. The molecule has 0 fully saturated rings. The van der Waals surface area contributed by atoms with E-state index in [0.29, 0.717) is 23.1 Å². The van der Waals surface area contributed by atoms with Gasteiger partial charge in [-0.05, 0) is 54.8 Å². The van der Waals surface area contributed by atoms with E-state index in [4.69, 9.17) is 11.6 Å². The van der Waals surface area contributed by atoms with Gasteiger partial charge in [0.2, 0.25) is 0 Å². The minimum absolute atomic E-state index is 0.271. The van der Waals surface area contributed by atoms with Gasteiger partial charge >= 0.3 is 0 Å². The Bertz CT molecular complexity index is 905. The van der Waals surface area contributed by atoms with E-state index in [9.17, 15) is 4.79 Å². The molecule has 0 aliphatic heterocycles. The molecule has 0 bridgehead atoms. The van der Waals surface area contributed by atoms with E-state index >= 15 is 0 Å². The molecule has 0 atom stereocenters. The van der Waals surface area contributed by atoms with Crippen LogP contribution in [-0.4, -0.2) is 15.9 Å². The lowest BCUT2D eigenvalue weighted by Gasteiger charge is -2.09. The van der Waals surface area contributed by atoms with Gasteiger partial charge in [0.1, 0.15) is 17.8 Å². The molecule has 2 N–H and O–H groups in total. The van der Waals surface area contributed by atoms with Gasteiger partial charge in [-0.15, -0.1) is 0 Å². The zero-order valence-electron chi connectivity index (χ0n) is 14.6. The number of anilines is 2. The molecule has 0 aliphatic rings. The summed E-state index contributed by atoms with van der Waals surface area (Å²) in [6.07, 6.45) is 1.38. The predicted molar refractivity (Wildman–Crippen MR) is 105 cm³/mol. The highest BCUT2D eigenvalue weighted by Gasteiger charge is 2.10. The summed E-state index contributed by atoms with van der Waals surface area (Å²) in [5.41, 5.74) is 4.30. The van der Waals surface area contributed by atoms with Gasteiger partial charge in [-0.2, -0.15) is 0 Å². The Hall–Kier alpha value is -2.92. The van der Waals surface area contributed by atoms with Crippen molar-refractivity contribution < 1.29 is 4.79 Å². The van der Waals surface area contributed by atoms with Crippen molar-refractivity contribution in [3.05, 3.63) is 82.3 Å². The summed E-state index contributed by atoms with van der Waals surface area (Å²) in [5, 5.41) is 6.75. The van der Waals surface area contributed by atoms with Crippen molar-refractivity contribution in [2.45, 2.75) is 20.4 Å². The Morgan fingerprint density at radius 2 is 1.69 bits per heavy atom. The number of benzene rings is 2.